The van der Waals surface area contributed by atoms with E-state index in [4.69, 9.17) is 0 Å². The van der Waals surface area contributed by atoms with Gasteiger partial charge >= 0.3 is 0 Å². The molecular weight excluding hydrogens is 328 g/mol. The molecule has 26 heavy (non-hydrogen) atoms. The van der Waals surface area contributed by atoms with E-state index in [1.807, 2.05) is 11.8 Å². The Bertz CT molecular complexity index is 664. The lowest BCUT2D eigenvalue weighted by molar-refractivity contribution is -0.134. The highest BCUT2D eigenvalue weighted by molar-refractivity contribution is 5.92. The number of aromatic nitrogens is 2. The second kappa shape index (κ2) is 8.14. The van der Waals surface area contributed by atoms with Crippen molar-refractivity contribution >= 4 is 11.8 Å². The summed E-state index contributed by atoms with van der Waals surface area (Å²) in [7, 11) is 3.44. The highest BCUT2D eigenvalue weighted by atomic mass is 16.2. The number of piperidine rings is 1. The molecule has 0 radical (unpaired) electrons. The molecular formula is C20H32N4O2. The molecule has 1 saturated heterocycles. The number of carbonyl (C=O) groups is 2. The van der Waals surface area contributed by atoms with Crippen LogP contribution in [-0.2, 0) is 11.2 Å². The van der Waals surface area contributed by atoms with Gasteiger partial charge in [0.2, 0.25) is 5.91 Å². The standard InChI is InChI=1S/C20H32N4O2/c1-14-21-16(11-17(22-14)19(26)23(5)6)10-15-8-7-9-24(13-15)18(25)12-20(2,3)4/h11,15H,7-10,12-13H2,1-6H3/t15-/m0/s1. The minimum atomic E-state index is -0.109. The van der Waals surface area contributed by atoms with Crippen LogP contribution in [0.5, 0.6) is 0 Å². The number of nitrogens with zero attached hydrogens (tertiary/aromatic N) is 4. The fraction of sp³-hybridized carbons (Fsp3) is 0.700. The molecule has 0 saturated carbocycles. The molecule has 2 rings (SSSR count). The van der Waals surface area contributed by atoms with Crippen LogP contribution < -0.4 is 0 Å². The van der Waals surface area contributed by atoms with Gasteiger partial charge in [0.05, 0.1) is 0 Å². The molecule has 0 bridgehead atoms. The third-order valence-electron chi connectivity index (χ3n) is 4.57. The van der Waals surface area contributed by atoms with Gasteiger partial charge in [-0.2, -0.15) is 0 Å². The molecule has 0 aromatic carbocycles. The minimum absolute atomic E-state index is 0.00916. The van der Waals surface area contributed by atoms with Gasteiger partial charge in [-0.15, -0.1) is 0 Å². The monoisotopic (exact) mass is 360 g/mol. The fourth-order valence-electron chi connectivity index (χ4n) is 3.39. The molecule has 144 valence electrons. The molecule has 0 aliphatic carbocycles. The van der Waals surface area contributed by atoms with Gasteiger partial charge in [-0.3, -0.25) is 9.59 Å². The molecule has 1 atom stereocenters. The van der Waals surface area contributed by atoms with Crippen LogP contribution in [0.15, 0.2) is 6.07 Å². The number of hydrogen-bond donors (Lipinski definition) is 0. The molecule has 0 N–H and O–H groups in total. The van der Waals surface area contributed by atoms with Crippen LogP contribution in [0.1, 0.15) is 62.0 Å². The lowest BCUT2D eigenvalue weighted by Crippen LogP contribution is -2.41. The van der Waals surface area contributed by atoms with Gasteiger partial charge in [-0.25, -0.2) is 9.97 Å². The van der Waals surface area contributed by atoms with Crippen molar-refractivity contribution in [3.05, 3.63) is 23.3 Å². The quantitative estimate of drug-likeness (QED) is 0.828. The Morgan fingerprint density at radius 3 is 2.58 bits per heavy atom. The van der Waals surface area contributed by atoms with Crippen molar-refractivity contribution in [1.29, 1.82) is 0 Å². The van der Waals surface area contributed by atoms with E-state index in [2.05, 4.69) is 30.7 Å². The van der Waals surface area contributed by atoms with E-state index in [1.54, 1.807) is 20.2 Å². The summed E-state index contributed by atoms with van der Waals surface area (Å²) in [6.45, 7) is 9.72. The molecule has 6 heteroatoms. The lowest BCUT2D eigenvalue weighted by Gasteiger charge is -2.34. The fourth-order valence-corrected chi connectivity index (χ4v) is 3.39. The van der Waals surface area contributed by atoms with Crippen molar-refractivity contribution in [3.63, 3.8) is 0 Å². The maximum atomic E-state index is 12.5. The highest BCUT2D eigenvalue weighted by Gasteiger charge is 2.27. The van der Waals surface area contributed by atoms with Crippen molar-refractivity contribution < 1.29 is 9.59 Å². The summed E-state index contributed by atoms with van der Waals surface area (Å²) >= 11 is 0. The molecule has 6 nitrogen and oxygen atoms in total. The Balaban J connectivity index is 2.06. The smallest absolute Gasteiger partial charge is 0.272 e. The van der Waals surface area contributed by atoms with Crippen LogP contribution in [0.3, 0.4) is 0 Å². The van der Waals surface area contributed by atoms with Gasteiger partial charge < -0.3 is 9.80 Å². The average molecular weight is 361 g/mol. The van der Waals surface area contributed by atoms with Gasteiger partial charge in [0.25, 0.3) is 5.91 Å². The van der Waals surface area contributed by atoms with E-state index < -0.39 is 0 Å². The van der Waals surface area contributed by atoms with Gasteiger partial charge in [0.1, 0.15) is 11.5 Å². The van der Waals surface area contributed by atoms with Crippen LogP contribution >= 0.6 is 0 Å². The van der Waals surface area contributed by atoms with Gasteiger partial charge in [0.15, 0.2) is 0 Å². The Hall–Kier alpha value is -1.98. The average Bonchev–Trinajstić information content (AvgIpc) is 2.52. The summed E-state index contributed by atoms with van der Waals surface area (Å²) in [6.07, 6.45) is 3.46. The molecule has 2 amide bonds. The molecule has 0 spiro atoms. The number of amides is 2. The zero-order valence-corrected chi connectivity index (χ0v) is 17.0. The minimum Gasteiger partial charge on any atom is -0.343 e. The van der Waals surface area contributed by atoms with Gasteiger partial charge in [-0.05, 0) is 43.6 Å². The third-order valence-corrected chi connectivity index (χ3v) is 4.57. The Morgan fingerprint density at radius 2 is 1.96 bits per heavy atom. The summed E-state index contributed by atoms with van der Waals surface area (Å²) in [6, 6.07) is 1.80. The zero-order chi connectivity index (χ0) is 19.5. The molecule has 1 aromatic heterocycles. The van der Waals surface area contributed by atoms with Gasteiger partial charge in [-0.1, -0.05) is 20.8 Å². The molecule has 1 aliphatic heterocycles. The number of likely N-dealkylation sites (tertiary alicyclic amines) is 1. The van der Waals surface area contributed by atoms with Crippen LogP contribution in [-0.4, -0.2) is 58.8 Å². The molecule has 2 heterocycles. The summed E-state index contributed by atoms with van der Waals surface area (Å²) < 4.78 is 0. The normalized spacial score (nSPS) is 17.9. The van der Waals surface area contributed by atoms with Crippen LogP contribution in [0.2, 0.25) is 0 Å². The summed E-state index contributed by atoms with van der Waals surface area (Å²) in [4.78, 5) is 37.0. The van der Waals surface area contributed by atoms with Crippen molar-refractivity contribution in [2.75, 3.05) is 27.2 Å². The first kappa shape index (κ1) is 20.3. The third kappa shape index (κ3) is 5.78. The lowest BCUT2D eigenvalue weighted by atomic mass is 9.89. The summed E-state index contributed by atoms with van der Waals surface area (Å²) in [5.41, 5.74) is 1.33. The second-order valence-corrected chi connectivity index (χ2v) is 8.78. The Morgan fingerprint density at radius 1 is 1.27 bits per heavy atom. The number of carbonyl (C=O) groups excluding carboxylic acids is 2. The Labute approximate surface area is 157 Å². The zero-order valence-electron chi connectivity index (χ0n) is 17.0. The van der Waals surface area contributed by atoms with E-state index in [0.717, 1.165) is 38.0 Å². The van der Waals surface area contributed by atoms with E-state index in [1.165, 1.54) is 4.90 Å². The van der Waals surface area contributed by atoms with Gasteiger partial charge in [0, 0.05) is 39.3 Å². The predicted octanol–water partition coefficient (Wildman–Crippen LogP) is 2.70. The molecule has 1 aliphatic rings. The number of aryl methyl sites for hydroxylation is 1. The summed E-state index contributed by atoms with van der Waals surface area (Å²) in [5.74, 6) is 1.13. The van der Waals surface area contributed by atoms with E-state index in [0.29, 0.717) is 23.9 Å². The predicted molar refractivity (Wildman–Crippen MR) is 102 cm³/mol. The maximum absolute atomic E-state index is 12.5. The van der Waals surface area contributed by atoms with E-state index in [9.17, 15) is 9.59 Å². The van der Waals surface area contributed by atoms with Crippen molar-refractivity contribution in [2.24, 2.45) is 11.3 Å². The van der Waals surface area contributed by atoms with Crippen LogP contribution in [0.4, 0.5) is 0 Å². The highest BCUT2D eigenvalue weighted by Crippen LogP contribution is 2.25. The van der Waals surface area contributed by atoms with E-state index in [-0.39, 0.29) is 17.2 Å². The number of rotatable bonds is 4. The molecule has 1 aromatic rings. The van der Waals surface area contributed by atoms with Crippen molar-refractivity contribution in [3.8, 4) is 0 Å². The van der Waals surface area contributed by atoms with Crippen LogP contribution in [0, 0.1) is 18.3 Å². The first-order valence-corrected chi connectivity index (χ1v) is 9.39. The summed E-state index contributed by atoms with van der Waals surface area (Å²) in [5, 5.41) is 0. The largest absolute Gasteiger partial charge is 0.343 e. The second-order valence-electron chi connectivity index (χ2n) is 8.78. The van der Waals surface area contributed by atoms with Crippen molar-refractivity contribution in [2.45, 2.75) is 53.4 Å². The first-order chi connectivity index (χ1) is 12.0. The Kier molecular flexibility index (Phi) is 6.37. The molecule has 1 fully saturated rings. The maximum Gasteiger partial charge on any atom is 0.272 e. The van der Waals surface area contributed by atoms with Crippen LogP contribution in [0.25, 0.3) is 0 Å². The van der Waals surface area contributed by atoms with Crippen molar-refractivity contribution in [1.82, 2.24) is 19.8 Å². The first-order valence-electron chi connectivity index (χ1n) is 9.39. The number of hydrogen-bond acceptors (Lipinski definition) is 4. The SMILES string of the molecule is Cc1nc(C[C@@H]2CCCN(C(=O)CC(C)(C)C)C2)cc(C(=O)N(C)C)n1. The van der Waals surface area contributed by atoms with E-state index >= 15 is 0 Å². The molecule has 0 unspecified atom stereocenters. The topological polar surface area (TPSA) is 66.4 Å².